The Bertz CT molecular complexity index is 701. The molecule has 27 heavy (non-hydrogen) atoms. The zero-order valence-electron chi connectivity index (χ0n) is 16.1. The predicted octanol–water partition coefficient (Wildman–Crippen LogP) is 2.85. The van der Waals surface area contributed by atoms with E-state index in [0.717, 1.165) is 24.1 Å². The molecular weight excluding hydrogens is 350 g/mol. The Labute approximate surface area is 159 Å². The van der Waals surface area contributed by atoms with Crippen LogP contribution in [0.2, 0.25) is 0 Å². The molecule has 2 aromatic rings. The number of nitrogens with zero attached hydrogens (tertiary/aromatic N) is 4. The summed E-state index contributed by atoms with van der Waals surface area (Å²) in [7, 11) is 3.76. The molecular formula is C19H28F2N6. The lowest BCUT2D eigenvalue weighted by atomic mass is 10.1. The van der Waals surface area contributed by atoms with Gasteiger partial charge in [-0.15, -0.1) is 0 Å². The van der Waals surface area contributed by atoms with Crippen LogP contribution >= 0.6 is 0 Å². The van der Waals surface area contributed by atoms with Crippen LogP contribution in [0.3, 0.4) is 0 Å². The second kappa shape index (κ2) is 10.6. The maximum atomic E-state index is 12.8. The van der Waals surface area contributed by atoms with Gasteiger partial charge < -0.3 is 10.6 Å². The molecule has 6 nitrogen and oxygen atoms in total. The SMILES string of the molecule is CN=C(NCCC(C)N(C)Cc1ccccc1)NCc1nccn1C(F)F. The molecule has 0 saturated carbocycles. The standard InChI is InChI=1S/C19H28F2N6/c1-15(26(3)14-16-7-5-4-6-8-16)9-10-24-19(22-2)25-13-17-23-11-12-27(17)18(20)21/h4-8,11-12,15,18H,9-10,13-14H2,1-3H3,(H2,22,24,25). The predicted molar refractivity (Wildman–Crippen MR) is 104 cm³/mol. The van der Waals surface area contributed by atoms with Gasteiger partial charge in [0.25, 0.3) is 0 Å². The molecule has 0 aliphatic heterocycles. The molecule has 1 unspecified atom stereocenters. The van der Waals surface area contributed by atoms with Crippen LogP contribution in [-0.4, -0.2) is 47.1 Å². The lowest BCUT2D eigenvalue weighted by molar-refractivity contribution is 0.0668. The van der Waals surface area contributed by atoms with Gasteiger partial charge in [-0.25, -0.2) is 4.98 Å². The van der Waals surface area contributed by atoms with E-state index in [1.807, 2.05) is 18.2 Å². The van der Waals surface area contributed by atoms with Crippen LogP contribution in [-0.2, 0) is 13.1 Å². The smallest absolute Gasteiger partial charge is 0.319 e. The summed E-state index contributed by atoms with van der Waals surface area (Å²) < 4.78 is 26.5. The van der Waals surface area contributed by atoms with Gasteiger partial charge in [0.2, 0.25) is 0 Å². The lowest BCUT2D eigenvalue weighted by Gasteiger charge is -2.25. The summed E-state index contributed by atoms with van der Waals surface area (Å²) in [5.74, 6) is 0.834. The second-order valence-electron chi connectivity index (χ2n) is 6.42. The van der Waals surface area contributed by atoms with Crippen LogP contribution in [0.25, 0.3) is 0 Å². The van der Waals surface area contributed by atoms with E-state index in [-0.39, 0.29) is 12.4 Å². The molecule has 0 aliphatic carbocycles. The second-order valence-corrected chi connectivity index (χ2v) is 6.42. The van der Waals surface area contributed by atoms with Gasteiger partial charge in [-0.2, -0.15) is 8.78 Å². The third kappa shape index (κ3) is 6.63. The van der Waals surface area contributed by atoms with E-state index in [9.17, 15) is 8.78 Å². The molecule has 0 saturated heterocycles. The Morgan fingerprint density at radius 2 is 2.00 bits per heavy atom. The van der Waals surface area contributed by atoms with Crippen molar-refractivity contribution >= 4 is 5.96 Å². The van der Waals surface area contributed by atoms with Crippen LogP contribution in [0.5, 0.6) is 0 Å². The summed E-state index contributed by atoms with van der Waals surface area (Å²) in [5, 5.41) is 6.24. The van der Waals surface area contributed by atoms with Crippen LogP contribution in [0.1, 0.15) is 31.3 Å². The van der Waals surface area contributed by atoms with Crippen LogP contribution in [0.4, 0.5) is 8.78 Å². The normalized spacial score (nSPS) is 13.2. The number of nitrogens with one attached hydrogen (secondary N) is 2. The number of guanidine groups is 1. The van der Waals surface area contributed by atoms with E-state index >= 15 is 0 Å². The highest BCUT2D eigenvalue weighted by atomic mass is 19.3. The van der Waals surface area contributed by atoms with Gasteiger partial charge in [0.1, 0.15) is 5.82 Å². The number of imidazole rings is 1. The molecule has 1 aromatic heterocycles. The minimum absolute atomic E-state index is 0.181. The van der Waals surface area contributed by atoms with Gasteiger partial charge in [0.05, 0.1) is 6.54 Å². The summed E-state index contributed by atoms with van der Waals surface area (Å²) in [6, 6.07) is 10.7. The van der Waals surface area contributed by atoms with Crippen molar-refractivity contribution in [2.24, 2.45) is 4.99 Å². The van der Waals surface area contributed by atoms with E-state index in [0.29, 0.717) is 12.0 Å². The van der Waals surface area contributed by atoms with Crippen molar-refractivity contribution in [2.45, 2.75) is 39.0 Å². The number of hydrogen-bond donors (Lipinski definition) is 2. The Kier molecular flexibility index (Phi) is 8.19. The maximum Gasteiger partial charge on any atom is 0.319 e. The van der Waals surface area contributed by atoms with E-state index in [2.05, 4.69) is 51.6 Å². The van der Waals surface area contributed by atoms with E-state index < -0.39 is 6.55 Å². The Balaban J connectivity index is 1.73. The summed E-state index contributed by atoms with van der Waals surface area (Å²) in [6.45, 7) is 1.38. The number of aromatic nitrogens is 2. The number of rotatable bonds is 9. The molecule has 0 radical (unpaired) electrons. The molecule has 2 N–H and O–H groups in total. The van der Waals surface area contributed by atoms with Crippen molar-refractivity contribution in [2.75, 3.05) is 20.6 Å². The van der Waals surface area contributed by atoms with Gasteiger partial charge in [-0.3, -0.25) is 14.5 Å². The van der Waals surface area contributed by atoms with Gasteiger partial charge in [0, 0.05) is 38.6 Å². The quantitative estimate of drug-likeness (QED) is 0.520. The number of halogens is 2. The Morgan fingerprint density at radius 3 is 2.67 bits per heavy atom. The zero-order chi connectivity index (χ0) is 19.6. The molecule has 0 bridgehead atoms. The van der Waals surface area contributed by atoms with Gasteiger partial charge in [-0.1, -0.05) is 30.3 Å². The van der Waals surface area contributed by atoms with Crippen LogP contribution in [0.15, 0.2) is 47.7 Å². The highest BCUT2D eigenvalue weighted by Gasteiger charge is 2.12. The monoisotopic (exact) mass is 378 g/mol. The molecule has 148 valence electrons. The van der Waals surface area contributed by atoms with E-state index in [1.165, 1.54) is 18.0 Å². The van der Waals surface area contributed by atoms with Crippen molar-refractivity contribution in [3.8, 4) is 0 Å². The van der Waals surface area contributed by atoms with Crippen LogP contribution < -0.4 is 10.6 Å². The molecule has 0 aliphatic rings. The largest absolute Gasteiger partial charge is 0.356 e. The van der Waals surface area contributed by atoms with Crippen molar-refractivity contribution in [3.05, 3.63) is 54.1 Å². The molecule has 1 heterocycles. The summed E-state index contributed by atoms with van der Waals surface area (Å²) >= 11 is 0. The number of aliphatic imine (C=N–C) groups is 1. The Hall–Kier alpha value is -2.48. The average molecular weight is 378 g/mol. The van der Waals surface area contributed by atoms with Crippen molar-refractivity contribution in [1.82, 2.24) is 25.1 Å². The molecule has 0 fully saturated rings. The lowest BCUT2D eigenvalue weighted by Crippen LogP contribution is -2.40. The van der Waals surface area contributed by atoms with Crippen molar-refractivity contribution in [3.63, 3.8) is 0 Å². The fourth-order valence-corrected chi connectivity index (χ4v) is 2.69. The minimum Gasteiger partial charge on any atom is -0.356 e. The average Bonchev–Trinajstić information content (AvgIpc) is 3.14. The fraction of sp³-hybridized carbons (Fsp3) is 0.474. The van der Waals surface area contributed by atoms with E-state index in [4.69, 9.17) is 0 Å². The first kappa shape index (κ1) is 20.8. The van der Waals surface area contributed by atoms with Crippen molar-refractivity contribution in [1.29, 1.82) is 0 Å². The summed E-state index contributed by atoms with van der Waals surface area (Å²) in [6.07, 6.45) is 3.56. The topological polar surface area (TPSA) is 57.5 Å². The van der Waals surface area contributed by atoms with Gasteiger partial charge >= 0.3 is 6.55 Å². The molecule has 8 heteroatoms. The first-order chi connectivity index (χ1) is 13.0. The molecule has 2 rings (SSSR count). The summed E-state index contributed by atoms with van der Waals surface area (Å²) in [4.78, 5) is 10.4. The van der Waals surface area contributed by atoms with Gasteiger partial charge in [0.15, 0.2) is 5.96 Å². The molecule has 1 atom stereocenters. The first-order valence-corrected chi connectivity index (χ1v) is 8.99. The molecule has 0 amide bonds. The molecule has 0 spiro atoms. The molecule has 1 aromatic carbocycles. The fourth-order valence-electron chi connectivity index (χ4n) is 2.69. The highest BCUT2D eigenvalue weighted by molar-refractivity contribution is 5.79. The minimum atomic E-state index is -2.60. The van der Waals surface area contributed by atoms with Crippen LogP contribution in [0, 0.1) is 0 Å². The number of alkyl halides is 2. The first-order valence-electron chi connectivity index (χ1n) is 8.99. The third-order valence-electron chi connectivity index (χ3n) is 4.48. The zero-order valence-corrected chi connectivity index (χ0v) is 16.1. The van der Waals surface area contributed by atoms with Crippen molar-refractivity contribution < 1.29 is 8.78 Å². The number of hydrogen-bond acceptors (Lipinski definition) is 3. The Morgan fingerprint density at radius 1 is 1.26 bits per heavy atom. The third-order valence-corrected chi connectivity index (χ3v) is 4.48. The number of benzene rings is 1. The summed E-state index contributed by atoms with van der Waals surface area (Å²) in [5.41, 5.74) is 1.28. The highest BCUT2D eigenvalue weighted by Crippen LogP contribution is 2.12. The maximum absolute atomic E-state index is 12.8. The van der Waals surface area contributed by atoms with Gasteiger partial charge in [-0.05, 0) is 26.0 Å². The van der Waals surface area contributed by atoms with E-state index in [1.54, 1.807) is 7.05 Å².